The molecule has 2 aromatic heterocycles. The standard InChI is InChI=1S/C17H15N3O6/c21-15(10-25-17(22)14-5-6-16(26-14)20(23)24)18-8-7-11-9-19-13-4-2-1-3-12(11)13/h1-6,9,19H,7-8,10H2,(H,18,21). The van der Waals surface area contributed by atoms with E-state index in [0.717, 1.165) is 28.6 Å². The van der Waals surface area contributed by atoms with E-state index >= 15 is 0 Å². The molecule has 0 aliphatic rings. The third kappa shape index (κ3) is 3.89. The Kier molecular flexibility index (Phi) is 4.97. The highest BCUT2D eigenvalue weighted by Gasteiger charge is 2.19. The first kappa shape index (κ1) is 17.2. The van der Waals surface area contributed by atoms with Crippen LogP contribution in [0.1, 0.15) is 16.1 Å². The summed E-state index contributed by atoms with van der Waals surface area (Å²) >= 11 is 0. The van der Waals surface area contributed by atoms with Crippen molar-refractivity contribution in [3.8, 4) is 0 Å². The van der Waals surface area contributed by atoms with E-state index in [-0.39, 0.29) is 5.76 Å². The van der Waals surface area contributed by atoms with Crippen molar-refractivity contribution in [2.24, 2.45) is 0 Å². The van der Waals surface area contributed by atoms with Crippen LogP contribution in [0.25, 0.3) is 10.9 Å². The Hall–Kier alpha value is -3.62. The number of rotatable bonds is 7. The number of benzene rings is 1. The first-order valence-corrected chi connectivity index (χ1v) is 7.77. The first-order chi connectivity index (χ1) is 12.5. The number of fused-ring (bicyclic) bond motifs is 1. The molecule has 9 heteroatoms. The van der Waals surface area contributed by atoms with Gasteiger partial charge in [-0.2, -0.15) is 0 Å². The van der Waals surface area contributed by atoms with Crippen LogP contribution in [0.5, 0.6) is 0 Å². The molecule has 0 saturated heterocycles. The first-order valence-electron chi connectivity index (χ1n) is 7.77. The molecule has 0 aliphatic heterocycles. The topological polar surface area (TPSA) is 127 Å². The number of nitrogens with one attached hydrogen (secondary N) is 2. The summed E-state index contributed by atoms with van der Waals surface area (Å²) in [5, 5.41) is 14.2. The quantitative estimate of drug-likeness (QED) is 0.379. The maximum Gasteiger partial charge on any atom is 0.433 e. The number of aromatic nitrogens is 1. The van der Waals surface area contributed by atoms with Gasteiger partial charge in [-0.25, -0.2) is 4.79 Å². The number of hydrogen-bond donors (Lipinski definition) is 2. The van der Waals surface area contributed by atoms with Crippen LogP contribution in [0, 0.1) is 10.1 Å². The fraction of sp³-hybridized carbons (Fsp3) is 0.176. The Labute approximate surface area is 147 Å². The molecule has 9 nitrogen and oxygen atoms in total. The van der Waals surface area contributed by atoms with Crippen LogP contribution in [-0.4, -0.2) is 34.9 Å². The van der Waals surface area contributed by atoms with Crippen LogP contribution >= 0.6 is 0 Å². The summed E-state index contributed by atoms with van der Waals surface area (Å²) in [6.07, 6.45) is 2.51. The average molecular weight is 357 g/mol. The number of hydrogen-bond acceptors (Lipinski definition) is 6. The minimum Gasteiger partial charge on any atom is -0.450 e. The number of esters is 1. The van der Waals surface area contributed by atoms with E-state index < -0.39 is 29.3 Å². The van der Waals surface area contributed by atoms with Crippen LogP contribution in [0.15, 0.2) is 47.0 Å². The summed E-state index contributed by atoms with van der Waals surface area (Å²) < 4.78 is 9.47. The van der Waals surface area contributed by atoms with Gasteiger partial charge in [-0.1, -0.05) is 18.2 Å². The molecule has 0 bridgehead atoms. The normalized spacial score (nSPS) is 10.6. The number of amides is 1. The summed E-state index contributed by atoms with van der Waals surface area (Å²) in [4.78, 5) is 36.3. The lowest BCUT2D eigenvalue weighted by Gasteiger charge is -2.05. The lowest BCUT2D eigenvalue weighted by Crippen LogP contribution is -2.30. The zero-order valence-corrected chi connectivity index (χ0v) is 13.6. The van der Waals surface area contributed by atoms with Crippen molar-refractivity contribution in [3.63, 3.8) is 0 Å². The number of carbonyl (C=O) groups is 2. The summed E-state index contributed by atoms with van der Waals surface area (Å²) in [5.74, 6) is -2.31. The fourth-order valence-corrected chi connectivity index (χ4v) is 2.46. The third-order valence-corrected chi connectivity index (χ3v) is 3.70. The van der Waals surface area contributed by atoms with Gasteiger partial charge in [-0.3, -0.25) is 14.9 Å². The van der Waals surface area contributed by atoms with Crippen molar-refractivity contribution in [2.75, 3.05) is 13.2 Å². The van der Waals surface area contributed by atoms with Crippen molar-refractivity contribution >= 4 is 28.7 Å². The predicted octanol–water partition coefficient (Wildman–Crippen LogP) is 2.18. The van der Waals surface area contributed by atoms with Gasteiger partial charge in [0.05, 0.1) is 6.07 Å². The number of para-hydroxylation sites is 1. The second-order valence-electron chi connectivity index (χ2n) is 5.43. The number of ether oxygens (including phenoxy) is 1. The van der Waals surface area contributed by atoms with Gasteiger partial charge in [0.15, 0.2) is 6.61 Å². The van der Waals surface area contributed by atoms with Gasteiger partial charge < -0.3 is 19.5 Å². The molecular weight excluding hydrogens is 342 g/mol. The van der Waals surface area contributed by atoms with Gasteiger partial charge in [0.25, 0.3) is 5.91 Å². The Morgan fingerprint density at radius 1 is 1.23 bits per heavy atom. The van der Waals surface area contributed by atoms with Gasteiger partial charge in [0.1, 0.15) is 4.92 Å². The molecule has 3 aromatic rings. The van der Waals surface area contributed by atoms with Gasteiger partial charge in [-0.05, 0) is 24.1 Å². The second-order valence-corrected chi connectivity index (χ2v) is 5.43. The zero-order valence-electron chi connectivity index (χ0n) is 13.6. The molecule has 0 saturated carbocycles. The predicted molar refractivity (Wildman–Crippen MR) is 90.7 cm³/mol. The van der Waals surface area contributed by atoms with Gasteiger partial charge in [0.2, 0.25) is 5.76 Å². The van der Waals surface area contributed by atoms with Crippen molar-refractivity contribution in [1.82, 2.24) is 10.3 Å². The van der Waals surface area contributed by atoms with Crippen molar-refractivity contribution in [1.29, 1.82) is 0 Å². The Balaban J connectivity index is 1.44. The van der Waals surface area contributed by atoms with E-state index in [4.69, 9.17) is 9.15 Å². The number of carbonyl (C=O) groups excluding carboxylic acids is 2. The molecule has 0 atom stereocenters. The monoisotopic (exact) mass is 357 g/mol. The largest absolute Gasteiger partial charge is 0.450 e. The summed E-state index contributed by atoms with van der Waals surface area (Å²) in [6, 6.07) is 10.00. The molecule has 3 rings (SSSR count). The van der Waals surface area contributed by atoms with Crippen LogP contribution in [0.2, 0.25) is 0 Å². The maximum atomic E-state index is 11.7. The highest BCUT2D eigenvalue weighted by atomic mass is 16.7. The lowest BCUT2D eigenvalue weighted by atomic mass is 10.1. The second kappa shape index (κ2) is 7.51. The van der Waals surface area contributed by atoms with E-state index in [2.05, 4.69) is 10.3 Å². The molecule has 1 aromatic carbocycles. The molecule has 0 unspecified atom stereocenters. The summed E-state index contributed by atoms with van der Waals surface area (Å²) in [7, 11) is 0. The molecule has 2 N–H and O–H groups in total. The number of furan rings is 1. The van der Waals surface area contributed by atoms with Gasteiger partial charge >= 0.3 is 11.9 Å². The van der Waals surface area contributed by atoms with Crippen LogP contribution in [-0.2, 0) is 16.0 Å². The highest BCUT2D eigenvalue weighted by molar-refractivity contribution is 5.89. The fourth-order valence-electron chi connectivity index (χ4n) is 2.46. The smallest absolute Gasteiger partial charge is 0.433 e. The number of aromatic amines is 1. The molecule has 0 radical (unpaired) electrons. The van der Waals surface area contributed by atoms with E-state index in [9.17, 15) is 19.7 Å². The zero-order chi connectivity index (χ0) is 18.5. The lowest BCUT2D eigenvalue weighted by molar-refractivity contribution is -0.402. The Morgan fingerprint density at radius 2 is 2.04 bits per heavy atom. The molecule has 0 spiro atoms. The Morgan fingerprint density at radius 3 is 2.81 bits per heavy atom. The van der Waals surface area contributed by atoms with Crippen LogP contribution in [0.3, 0.4) is 0 Å². The molecule has 1 amide bonds. The minimum atomic E-state index is -0.940. The van der Waals surface area contributed by atoms with Crippen LogP contribution in [0.4, 0.5) is 5.88 Å². The van der Waals surface area contributed by atoms with Crippen molar-refractivity contribution in [3.05, 3.63) is 64.0 Å². The van der Waals surface area contributed by atoms with Gasteiger partial charge in [0, 0.05) is 23.6 Å². The van der Waals surface area contributed by atoms with E-state index in [0.29, 0.717) is 13.0 Å². The average Bonchev–Trinajstić information content (AvgIpc) is 3.27. The number of nitrogens with zero attached hydrogens (tertiary/aromatic N) is 1. The van der Waals surface area contributed by atoms with E-state index in [1.165, 1.54) is 0 Å². The van der Waals surface area contributed by atoms with Crippen molar-refractivity contribution in [2.45, 2.75) is 6.42 Å². The third-order valence-electron chi connectivity index (χ3n) is 3.70. The van der Waals surface area contributed by atoms with E-state index in [1.807, 2.05) is 30.5 Å². The Bertz CT molecular complexity index is 958. The molecule has 134 valence electrons. The molecule has 0 fully saturated rings. The van der Waals surface area contributed by atoms with Crippen molar-refractivity contribution < 1.29 is 23.7 Å². The van der Waals surface area contributed by atoms with Crippen LogP contribution < -0.4 is 5.32 Å². The summed E-state index contributed by atoms with van der Waals surface area (Å²) in [6.45, 7) is -0.119. The van der Waals surface area contributed by atoms with Gasteiger partial charge in [-0.15, -0.1) is 0 Å². The number of H-pyrrole nitrogens is 1. The SMILES string of the molecule is O=C(COC(=O)c1ccc([N+](=O)[O-])o1)NCCc1c[nH]c2ccccc12. The number of nitro groups is 1. The van der Waals surface area contributed by atoms with E-state index in [1.54, 1.807) is 0 Å². The molecule has 0 aliphatic carbocycles. The summed E-state index contributed by atoms with van der Waals surface area (Å²) in [5.41, 5.74) is 2.09. The molecule has 26 heavy (non-hydrogen) atoms. The highest BCUT2D eigenvalue weighted by Crippen LogP contribution is 2.18. The minimum absolute atomic E-state index is 0.330. The molecular formula is C17H15N3O6. The maximum absolute atomic E-state index is 11.7. The molecule has 2 heterocycles.